The minimum Gasteiger partial charge on any atom is -0.394 e. The van der Waals surface area contributed by atoms with Crippen LogP contribution < -0.4 is 5.32 Å². The Hall–Kier alpha value is -2.91. The highest BCUT2D eigenvalue weighted by Crippen LogP contribution is 2.44. The highest BCUT2D eigenvalue weighted by Gasteiger charge is 2.52. The molecule has 5 nitrogen and oxygen atoms in total. The van der Waals surface area contributed by atoms with Gasteiger partial charge in [0.05, 0.1) is 18.7 Å². The Labute approximate surface area is 176 Å². The van der Waals surface area contributed by atoms with Gasteiger partial charge in [-0.2, -0.15) is 5.26 Å². The van der Waals surface area contributed by atoms with Crippen molar-refractivity contribution in [3.8, 4) is 17.2 Å². The fourth-order valence-electron chi connectivity index (χ4n) is 4.86. The molecule has 4 rings (SSSR count). The molecule has 6 heteroatoms. The van der Waals surface area contributed by atoms with Gasteiger partial charge in [-0.3, -0.25) is 0 Å². The van der Waals surface area contributed by atoms with Gasteiger partial charge in [0.15, 0.2) is 0 Å². The first-order valence-electron chi connectivity index (χ1n) is 10.6. The van der Waals surface area contributed by atoms with Crippen molar-refractivity contribution in [1.82, 2.24) is 10.2 Å². The third-order valence-corrected chi connectivity index (χ3v) is 6.35. The number of urea groups is 1. The molecule has 2 aromatic rings. The van der Waals surface area contributed by atoms with Crippen molar-refractivity contribution in [2.75, 3.05) is 6.61 Å². The molecule has 1 saturated carbocycles. The molecule has 30 heavy (non-hydrogen) atoms. The minimum atomic E-state index is -0.680. The van der Waals surface area contributed by atoms with Crippen molar-refractivity contribution in [2.24, 2.45) is 0 Å². The molecule has 2 amide bonds. The zero-order valence-corrected chi connectivity index (χ0v) is 16.8. The fourth-order valence-corrected chi connectivity index (χ4v) is 4.86. The zero-order valence-electron chi connectivity index (χ0n) is 16.8. The number of carbonyl (C=O) groups is 1. The van der Waals surface area contributed by atoms with Gasteiger partial charge in [0, 0.05) is 12.0 Å². The molecule has 0 aromatic heterocycles. The van der Waals surface area contributed by atoms with Gasteiger partial charge in [-0.1, -0.05) is 55.7 Å². The summed E-state index contributed by atoms with van der Waals surface area (Å²) in [5.74, 6) is -0.670. The van der Waals surface area contributed by atoms with E-state index in [0.29, 0.717) is 5.56 Å². The van der Waals surface area contributed by atoms with E-state index in [0.717, 1.165) is 36.8 Å². The quantitative estimate of drug-likeness (QED) is 0.798. The van der Waals surface area contributed by atoms with Gasteiger partial charge in [0.25, 0.3) is 0 Å². The summed E-state index contributed by atoms with van der Waals surface area (Å²) in [6.07, 6.45) is 5.29. The molecule has 1 heterocycles. The van der Waals surface area contributed by atoms with E-state index in [1.165, 1.54) is 23.5 Å². The molecule has 1 aliphatic heterocycles. The van der Waals surface area contributed by atoms with E-state index in [-0.39, 0.29) is 30.4 Å². The maximum absolute atomic E-state index is 13.8. The Balaban J connectivity index is 1.61. The minimum absolute atomic E-state index is 0.128. The Morgan fingerprint density at radius 3 is 2.63 bits per heavy atom. The second-order valence-electron chi connectivity index (χ2n) is 8.14. The molecule has 0 spiro atoms. The molecule has 0 unspecified atom stereocenters. The highest BCUT2D eigenvalue weighted by atomic mass is 19.1. The number of rotatable bonds is 4. The van der Waals surface area contributed by atoms with Crippen LogP contribution in [-0.4, -0.2) is 40.8 Å². The summed E-state index contributed by atoms with van der Waals surface area (Å²) < 4.78 is 13.8. The third kappa shape index (κ3) is 3.78. The van der Waals surface area contributed by atoms with Crippen molar-refractivity contribution >= 4 is 6.03 Å². The lowest BCUT2D eigenvalue weighted by Crippen LogP contribution is -2.68. The molecule has 2 aromatic carbocycles. The van der Waals surface area contributed by atoms with Crippen LogP contribution in [0.5, 0.6) is 0 Å². The highest BCUT2D eigenvalue weighted by molar-refractivity contribution is 5.79. The van der Waals surface area contributed by atoms with Gasteiger partial charge in [0.2, 0.25) is 0 Å². The summed E-state index contributed by atoms with van der Waals surface area (Å²) in [5.41, 5.74) is 2.37. The maximum atomic E-state index is 13.8. The van der Waals surface area contributed by atoms with Gasteiger partial charge >= 0.3 is 6.03 Å². The Kier molecular flexibility index (Phi) is 6.01. The van der Waals surface area contributed by atoms with E-state index in [9.17, 15) is 19.6 Å². The molecular weight excluding hydrogens is 381 g/mol. The van der Waals surface area contributed by atoms with E-state index in [4.69, 9.17) is 0 Å². The molecule has 156 valence electrons. The molecule has 1 saturated heterocycles. The lowest BCUT2D eigenvalue weighted by molar-refractivity contribution is 0.0155. The van der Waals surface area contributed by atoms with Crippen molar-refractivity contribution in [2.45, 2.75) is 56.1 Å². The second kappa shape index (κ2) is 8.85. The number of hydrogen-bond donors (Lipinski definition) is 2. The van der Waals surface area contributed by atoms with E-state index >= 15 is 0 Å². The number of amides is 2. The predicted molar refractivity (Wildman–Crippen MR) is 112 cm³/mol. The van der Waals surface area contributed by atoms with Gasteiger partial charge in [-0.15, -0.1) is 0 Å². The Morgan fingerprint density at radius 2 is 1.93 bits per heavy atom. The topological polar surface area (TPSA) is 76.4 Å². The number of benzene rings is 2. The van der Waals surface area contributed by atoms with Crippen LogP contribution in [0.25, 0.3) is 11.1 Å². The van der Waals surface area contributed by atoms with E-state index in [1.54, 1.807) is 6.07 Å². The van der Waals surface area contributed by atoms with Crippen LogP contribution >= 0.6 is 0 Å². The summed E-state index contributed by atoms with van der Waals surface area (Å²) in [4.78, 5) is 14.4. The van der Waals surface area contributed by atoms with Gasteiger partial charge in [-0.05, 0) is 41.7 Å². The number of hydrogen-bond acceptors (Lipinski definition) is 3. The first kappa shape index (κ1) is 20.4. The number of aliphatic hydroxyl groups excluding tert-OH is 1. The van der Waals surface area contributed by atoms with E-state index in [1.807, 2.05) is 30.3 Å². The molecule has 2 aliphatic rings. The summed E-state index contributed by atoms with van der Waals surface area (Å²) in [6, 6.07) is 14.8. The van der Waals surface area contributed by atoms with Crippen LogP contribution in [0.1, 0.15) is 43.6 Å². The number of nitrogens with zero attached hydrogens (tertiary/aromatic N) is 2. The van der Waals surface area contributed by atoms with Crippen molar-refractivity contribution in [1.29, 1.82) is 5.26 Å². The van der Waals surface area contributed by atoms with Gasteiger partial charge in [0.1, 0.15) is 11.9 Å². The molecule has 1 aliphatic carbocycles. The third-order valence-electron chi connectivity index (χ3n) is 6.35. The predicted octanol–water partition coefficient (Wildman–Crippen LogP) is 4.19. The van der Waals surface area contributed by atoms with Crippen molar-refractivity contribution < 1.29 is 14.3 Å². The Morgan fingerprint density at radius 1 is 1.17 bits per heavy atom. The molecule has 0 bridgehead atoms. The lowest BCUT2D eigenvalue weighted by Gasteiger charge is -2.52. The van der Waals surface area contributed by atoms with Crippen LogP contribution in [0, 0.1) is 17.1 Å². The Bertz CT molecular complexity index is 951. The first-order valence-corrected chi connectivity index (χ1v) is 10.6. The number of aliphatic hydroxyl groups is 1. The molecule has 2 fully saturated rings. The standard InChI is InChI=1S/C24H26FN3O2/c25-17-8-6-7-16(13-17)19-11-4-5-12-20(19)23-21(14-26)28(22(23)15-29)24(30)27-18-9-2-1-3-10-18/h4-8,11-13,18,21-23,29H,1-3,9-10,15H2,(H,27,30)/t21-,22+,23+/m0/s1. The van der Waals surface area contributed by atoms with Crippen molar-refractivity contribution in [3.05, 3.63) is 59.9 Å². The SMILES string of the molecule is N#C[C@H]1[C@@H](c2ccccc2-c2cccc(F)c2)[C@@H](CO)N1C(=O)NC1CCCCC1. The first-order chi connectivity index (χ1) is 14.6. The van der Waals surface area contributed by atoms with Crippen LogP contribution in [0.4, 0.5) is 9.18 Å². The zero-order chi connectivity index (χ0) is 21.1. The largest absolute Gasteiger partial charge is 0.394 e. The number of likely N-dealkylation sites (tertiary alicyclic amines) is 1. The van der Waals surface area contributed by atoms with Crippen LogP contribution in [0.3, 0.4) is 0 Å². The average molecular weight is 407 g/mol. The summed E-state index contributed by atoms with van der Waals surface area (Å²) in [5, 5.41) is 23.0. The van der Waals surface area contributed by atoms with Gasteiger partial charge < -0.3 is 15.3 Å². The van der Waals surface area contributed by atoms with E-state index < -0.39 is 12.1 Å². The van der Waals surface area contributed by atoms with Crippen molar-refractivity contribution in [3.63, 3.8) is 0 Å². The monoisotopic (exact) mass is 407 g/mol. The van der Waals surface area contributed by atoms with Gasteiger partial charge in [-0.25, -0.2) is 9.18 Å². The second-order valence-corrected chi connectivity index (χ2v) is 8.14. The van der Waals surface area contributed by atoms with Crippen LogP contribution in [0.2, 0.25) is 0 Å². The number of nitriles is 1. The number of halogens is 1. The molecule has 2 N–H and O–H groups in total. The number of nitrogens with one attached hydrogen (secondary N) is 1. The normalized spacial score (nSPS) is 24.0. The van der Waals surface area contributed by atoms with Crippen LogP contribution in [-0.2, 0) is 0 Å². The smallest absolute Gasteiger partial charge is 0.319 e. The van der Waals surface area contributed by atoms with Crippen LogP contribution in [0.15, 0.2) is 48.5 Å². The molecule has 3 atom stereocenters. The molecule has 0 radical (unpaired) electrons. The maximum Gasteiger partial charge on any atom is 0.319 e. The summed E-state index contributed by atoms with van der Waals surface area (Å²) in [6.45, 7) is -0.238. The van der Waals surface area contributed by atoms with E-state index in [2.05, 4.69) is 11.4 Å². The molecular formula is C24H26FN3O2. The number of carbonyl (C=O) groups excluding carboxylic acids is 1. The average Bonchev–Trinajstić information content (AvgIpc) is 2.75. The summed E-state index contributed by atoms with van der Waals surface area (Å²) in [7, 11) is 0. The lowest BCUT2D eigenvalue weighted by atomic mass is 9.73. The fraction of sp³-hybridized carbons (Fsp3) is 0.417. The summed E-state index contributed by atoms with van der Waals surface area (Å²) >= 11 is 0.